The number of ether oxygens (including phenoxy) is 1. The smallest absolute Gasteiger partial charge is 0.0606 e. The summed E-state index contributed by atoms with van der Waals surface area (Å²) in [6, 6.07) is 0. The molecule has 0 aliphatic carbocycles. The van der Waals surface area contributed by atoms with E-state index in [0.717, 1.165) is 5.92 Å². The maximum absolute atomic E-state index is 5.58. The molecule has 1 heteroatoms. The molecular formula is C7H12O. The molecule has 0 aromatic carbocycles. The van der Waals surface area contributed by atoms with Crippen molar-refractivity contribution < 1.29 is 4.74 Å². The molecule has 0 aromatic rings. The van der Waals surface area contributed by atoms with Gasteiger partial charge in [-0.25, -0.2) is 0 Å². The fourth-order valence-corrected chi connectivity index (χ4v) is 1.89. The largest absolute Gasteiger partial charge is 0.375 e. The fourth-order valence-electron chi connectivity index (χ4n) is 1.89. The quantitative estimate of drug-likeness (QED) is 0.462. The predicted octanol–water partition coefficient (Wildman–Crippen LogP) is 1.57. The first kappa shape index (κ1) is 4.80. The summed E-state index contributed by atoms with van der Waals surface area (Å²) in [6.45, 7) is 2.30. The highest BCUT2D eigenvalue weighted by Gasteiger charge is 2.37. The van der Waals surface area contributed by atoms with Gasteiger partial charge in [0.05, 0.1) is 12.2 Å². The first-order valence-corrected chi connectivity index (χ1v) is 3.52. The molecule has 3 atom stereocenters. The van der Waals surface area contributed by atoms with E-state index in [-0.39, 0.29) is 0 Å². The van der Waals surface area contributed by atoms with Crippen LogP contribution in [0, 0.1) is 5.92 Å². The highest BCUT2D eigenvalue weighted by atomic mass is 16.5. The van der Waals surface area contributed by atoms with Crippen LogP contribution in [-0.4, -0.2) is 12.2 Å². The van der Waals surface area contributed by atoms with Crippen molar-refractivity contribution in [3.63, 3.8) is 0 Å². The minimum absolute atomic E-state index is 0.639. The Morgan fingerprint density at radius 3 is 2.50 bits per heavy atom. The lowest BCUT2D eigenvalue weighted by Crippen LogP contribution is -2.11. The minimum atomic E-state index is 0.639. The van der Waals surface area contributed by atoms with Crippen molar-refractivity contribution in [2.75, 3.05) is 0 Å². The van der Waals surface area contributed by atoms with Gasteiger partial charge in [0.25, 0.3) is 0 Å². The zero-order valence-corrected chi connectivity index (χ0v) is 5.26. The maximum atomic E-state index is 5.58. The molecular weight excluding hydrogens is 100 g/mol. The molecule has 0 unspecified atom stereocenters. The van der Waals surface area contributed by atoms with E-state index in [1.54, 1.807) is 0 Å². The van der Waals surface area contributed by atoms with Gasteiger partial charge in [0.15, 0.2) is 0 Å². The van der Waals surface area contributed by atoms with Gasteiger partial charge in [0.2, 0.25) is 0 Å². The van der Waals surface area contributed by atoms with Crippen LogP contribution in [0.1, 0.15) is 26.2 Å². The molecule has 2 aliphatic rings. The van der Waals surface area contributed by atoms with Crippen LogP contribution in [-0.2, 0) is 4.74 Å². The number of hydrogen-bond acceptors (Lipinski definition) is 1. The second-order valence-corrected chi connectivity index (χ2v) is 3.09. The van der Waals surface area contributed by atoms with E-state index in [1.165, 1.54) is 19.3 Å². The van der Waals surface area contributed by atoms with Gasteiger partial charge in [-0.15, -0.1) is 0 Å². The minimum Gasteiger partial charge on any atom is -0.375 e. The molecule has 2 rings (SSSR count). The third-order valence-electron chi connectivity index (χ3n) is 2.41. The number of hydrogen-bond donors (Lipinski definition) is 0. The van der Waals surface area contributed by atoms with E-state index < -0.39 is 0 Å². The normalized spacial score (nSPS) is 52.9. The lowest BCUT2D eigenvalue weighted by atomic mass is 9.91. The van der Waals surface area contributed by atoms with Gasteiger partial charge in [0, 0.05) is 0 Å². The Morgan fingerprint density at radius 1 is 1.38 bits per heavy atom. The molecule has 1 nitrogen and oxygen atoms in total. The summed E-state index contributed by atoms with van der Waals surface area (Å²) >= 11 is 0. The van der Waals surface area contributed by atoms with Crippen LogP contribution in [0.15, 0.2) is 0 Å². The Hall–Kier alpha value is -0.0400. The van der Waals surface area contributed by atoms with E-state index in [2.05, 4.69) is 6.92 Å². The van der Waals surface area contributed by atoms with Crippen molar-refractivity contribution in [2.24, 2.45) is 5.92 Å². The van der Waals surface area contributed by atoms with Gasteiger partial charge in [-0.2, -0.15) is 0 Å². The topological polar surface area (TPSA) is 9.23 Å². The zero-order chi connectivity index (χ0) is 5.56. The fraction of sp³-hybridized carbons (Fsp3) is 1.00. The van der Waals surface area contributed by atoms with Crippen molar-refractivity contribution in [1.82, 2.24) is 0 Å². The Kier molecular flexibility index (Phi) is 0.884. The monoisotopic (exact) mass is 112 g/mol. The van der Waals surface area contributed by atoms with Crippen LogP contribution in [0.2, 0.25) is 0 Å². The van der Waals surface area contributed by atoms with Crippen LogP contribution in [0.3, 0.4) is 0 Å². The van der Waals surface area contributed by atoms with Crippen LogP contribution >= 0.6 is 0 Å². The molecule has 46 valence electrons. The van der Waals surface area contributed by atoms with Crippen LogP contribution in [0.5, 0.6) is 0 Å². The molecule has 0 amide bonds. The Morgan fingerprint density at radius 2 is 2.25 bits per heavy atom. The molecule has 0 aromatic heterocycles. The Balaban J connectivity index is 2.11. The SMILES string of the molecule is C[C@H]1C[C@@H]2CC[C@H]1O2. The van der Waals surface area contributed by atoms with Gasteiger partial charge >= 0.3 is 0 Å². The van der Waals surface area contributed by atoms with Crippen molar-refractivity contribution >= 4 is 0 Å². The van der Waals surface area contributed by atoms with E-state index >= 15 is 0 Å². The Bertz CT molecular complexity index is 98.6. The summed E-state index contributed by atoms with van der Waals surface area (Å²) in [4.78, 5) is 0. The molecule has 0 saturated carbocycles. The summed E-state index contributed by atoms with van der Waals surface area (Å²) < 4.78 is 5.58. The number of fused-ring (bicyclic) bond motifs is 2. The first-order chi connectivity index (χ1) is 3.86. The molecule has 2 aliphatic heterocycles. The summed E-state index contributed by atoms with van der Waals surface area (Å²) in [7, 11) is 0. The van der Waals surface area contributed by atoms with Gasteiger partial charge in [-0.3, -0.25) is 0 Å². The Labute approximate surface area is 50.0 Å². The van der Waals surface area contributed by atoms with Crippen molar-refractivity contribution in [3.8, 4) is 0 Å². The molecule has 2 fully saturated rings. The maximum Gasteiger partial charge on any atom is 0.0606 e. The third kappa shape index (κ3) is 0.510. The van der Waals surface area contributed by atoms with E-state index in [9.17, 15) is 0 Å². The highest BCUT2D eigenvalue weighted by Crippen LogP contribution is 2.37. The van der Waals surface area contributed by atoms with Crippen molar-refractivity contribution in [1.29, 1.82) is 0 Å². The van der Waals surface area contributed by atoms with Crippen LogP contribution in [0.25, 0.3) is 0 Å². The summed E-state index contributed by atoms with van der Waals surface area (Å²) in [5, 5.41) is 0. The second-order valence-electron chi connectivity index (χ2n) is 3.09. The second kappa shape index (κ2) is 1.47. The lowest BCUT2D eigenvalue weighted by Gasteiger charge is -2.11. The van der Waals surface area contributed by atoms with Crippen molar-refractivity contribution in [3.05, 3.63) is 0 Å². The average molecular weight is 112 g/mol. The summed E-state index contributed by atoms with van der Waals surface area (Å²) in [6.07, 6.45) is 5.26. The predicted molar refractivity (Wildman–Crippen MR) is 31.7 cm³/mol. The molecule has 2 bridgehead atoms. The summed E-state index contributed by atoms with van der Waals surface area (Å²) in [5.41, 5.74) is 0. The lowest BCUT2D eigenvalue weighted by molar-refractivity contribution is 0.0949. The molecule has 2 heterocycles. The third-order valence-corrected chi connectivity index (χ3v) is 2.41. The standard InChI is InChI=1S/C7H12O/c1-5-4-6-2-3-7(5)8-6/h5-7H,2-4H2,1H3/t5-,6-,7+/m0/s1. The molecule has 0 N–H and O–H groups in total. The molecule has 2 saturated heterocycles. The highest BCUT2D eigenvalue weighted by molar-refractivity contribution is 4.86. The molecule has 0 radical (unpaired) electrons. The van der Waals surface area contributed by atoms with Gasteiger partial charge in [-0.1, -0.05) is 6.92 Å². The van der Waals surface area contributed by atoms with Crippen LogP contribution < -0.4 is 0 Å². The molecule has 8 heavy (non-hydrogen) atoms. The molecule has 0 spiro atoms. The van der Waals surface area contributed by atoms with E-state index in [0.29, 0.717) is 12.2 Å². The van der Waals surface area contributed by atoms with Crippen LogP contribution in [0.4, 0.5) is 0 Å². The van der Waals surface area contributed by atoms with Gasteiger partial charge < -0.3 is 4.74 Å². The summed E-state index contributed by atoms with van der Waals surface area (Å²) in [5.74, 6) is 0.855. The van der Waals surface area contributed by atoms with E-state index in [4.69, 9.17) is 4.74 Å². The van der Waals surface area contributed by atoms with Gasteiger partial charge in [-0.05, 0) is 25.2 Å². The average Bonchev–Trinajstić information content (AvgIpc) is 2.23. The first-order valence-electron chi connectivity index (χ1n) is 3.52. The number of rotatable bonds is 0. The zero-order valence-electron chi connectivity index (χ0n) is 5.26. The van der Waals surface area contributed by atoms with Gasteiger partial charge in [0.1, 0.15) is 0 Å². The van der Waals surface area contributed by atoms with Crippen molar-refractivity contribution in [2.45, 2.75) is 38.4 Å². The van der Waals surface area contributed by atoms with E-state index in [1.807, 2.05) is 0 Å².